The largest absolute Gasteiger partial charge is 0.346 e. The van der Waals surface area contributed by atoms with E-state index in [1.165, 1.54) is 10.7 Å². The van der Waals surface area contributed by atoms with E-state index in [4.69, 9.17) is 0 Å². The minimum atomic E-state index is -3.04. The lowest BCUT2D eigenvalue weighted by atomic mass is 10.2. The van der Waals surface area contributed by atoms with E-state index in [1.807, 2.05) is 0 Å². The summed E-state index contributed by atoms with van der Waals surface area (Å²) in [5.74, 6) is -0.641. The summed E-state index contributed by atoms with van der Waals surface area (Å²) >= 11 is 1.14. The summed E-state index contributed by atoms with van der Waals surface area (Å²) in [6.45, 7) is 0.117. The molecule has 1 amide bonds. The summed E-state index contributed by atoms with van der Waals surface area (Å²) in [5.41, 5.74) is 1.01. The van der Waals surface area contributed by atoms with Gasteiger partial charge in [0.15, 0.2) is 21.2 Å². The van der Waals surface area contributed by atoms with Gasteiger partial charge in [-0.2, -0.15) is 5.10 Å². The van der Waals surface area contributed by atoms with E-state index in [9.17, 15) is 17.6 Å². The first-order valence-electron chi connectivity index (χ1n) is 10.4. The molecule has 1 N–H and O–H groups in total. The van der Waals surface area contributed by atoms with Crippen LogP contribution in [-0.4, -0.2) is 63.9 Å². The van der Waals surface area contributed by atoms with Crippen molar-refractivity contribution in [3.05, 3.63) is 59.7 Å². The standard InChI is InChI=1S/C21H20FN7O3S2/c1-28(14-8-10-34(31,32)12-14)21-26-25-20(33-21)24-19(30)17-15-6-4-9-23-18(15)29(27-17)11-13-5-2-3-7-16(13)22/h2-7,9,14H,8,10-12H2,1H3,(H,24,25,30). The molecule has 34 heavy (non-hydrogen) atoms. The fraction of sp³-hybridized carbons (Fsp3) is 0.286. The van der Waals surface area contributed by atoms with E-state index >= 15 is 0 Å². The highest BCUT2D eigenvalue weighted by atomic mass is 32.2. The molecular formula is C21H20FN7O3S2. The van der Waals surface area contributed by atoms with Gasteiger partial charge in [-0.05, 0) is 24.6 Å². The Morgan fingerprint density at radius 1 is 1.26 bits per heavy atom. The normalized spacial score (nSPS) is 17.2. The van der Waals surface area contributed by atoms with Crippen molar-refractivity contribution in [2.45, 2.75) is 19.0 Å². The maximum absolute atomic E-state index is 14.2. The molecule has 13 heteroatoms. The number of hydrogen-bond donors (Lipinski definition) is 1. The maximum atomic E-state index is 14.2. The van der Waals surface area contributed by atoms with Crippen LogP contribution in [0.15, 0.2) is 42.6 Å². The number of nitrogens with zero attached hydrogens (tertiary/aromatic N) is 6. The van der Waals surface area contributed by atoms with Crippen LogP contribution < -0.4 is 10.2 Å². The van der Waals surface area contributed by atoms with Crippen molar-refractivity contribution in [2.24, 2.45) is 0 Å². The van der Waals surface area contributed by atoms with E-state index in [2.05, 4.69) is 25.6 Å². The van der Waals surface area contributed by atoms with Gasteiger partial charge in [0.05, 0.1) is 23.4 Å². The number of rotatable bonds is 6. The Balaban J connectivity index is 1.37. The smallest absolute Gasteiger partial charge is 0.278 e. The number of benzene rings is 1. The molecule has 1 saturated heterocycles. The lowest BCUT2D eigenvalue weighted by Crippen LogP contribution is -2.32. The van der Waals surface area contributed by atoms with Crippen molar-refractivity contribution < 1.29 is 17.6 Å². The predicted octanol–water partition coefficient (Wildman–Crippen LogP) is 2.35. The average Bonchev–Trinajstić information content (AvgIpc) is 3.52. The molecule has 1 atom stereocenters. The first-order valence-corrected chi connectivity index (χ1v) is 13.1. The molecule has 1 aromatic carbocycles. The zero-order valence-electron chi connectivity index (χ0n) is 18.0. The van der Waals surface area contributed by atoms with Gasteiger partial charge in [-0.25, -0.2) is 22.5 Å². The second-order valence-electron chi connectivity index (χ2n) is 7.98. The predicted molar refractivity (Wildman–Crippen MR) is 126 cm³/mol. The van der Waals surface area contributed by atoms with Crippen molar-refractivity contribution in [3.63, 3.8) is 0 Å². The minimum absolute atomic E-state index is 0.0726. The average molecular weight is 502 g/mol. The van der Waals surface area contributed by atoms with Crippen molar-refractivity contribution in [1.82, 2.24) is 25.0 Å². The third kappa shape index (κ3) is 4.35. The van der Waals surface area contributed by atoms with Gasteiger partial charge in [0.2, 0.25) is 10.3 Å². The van der Waals surface area contributed by atoms with E-state index in [0.29, 0.717) is 28.1 Å². The second kappa shape index (κ2) is 8.72. The fourth-order valence-electron chi connectivity index (χ4n) is 3.88. The number of aromatic nitrogens is 5. The molecule has 1 aliphatic heterocycles. The molecule has 10 nitrogen and oxygen atoms in total. The molecule has 0 spiro atoms. The second-order valence-corrected chi connectivity index (χ2v) is 11.2. The third-order valence-corrected chi connectivity index (χ3v) is 8.37. The molecule has 0 bridgehead atoms. The van der Waals surface area contributed by atoms with Crippen LogP contribution in [0, 0.1) is 5.82 Å². The highest BCUT2D eigenvalue weighted by molar-refractivity contribution is 7.91. The molecule has 1 aliphatic rings. The number of pyridine rings is 1. The Morgan fingerprint density at radius 2 is 2.09 bits per heavy atom. The molecule has 0 radical (unpaired) electrons. The summed E-state index contributed by atoms with van der Waals surface area (Å²) in [6, 6.07) is 9.61. The zero-order chi connectivity index (χ0) is 23.9. The van der Waals surface area contributed by atoms with Crippen molar-refractivity contribution >= 4 is 48.4 Å². The van der Waals surface area contributed by atoms with E-state index in [-0.39, 0.29) is 40.7 Å². The molecule has 176 valence electrons. The number of carbonyl (C=O) groups excluding carboxylic acids is 1. The quantitative estimate of drug-likeness (QED) is 0.427. The number of halogens is 1. The summed E-state index contributed by atoms with van der Waals surface area (Å²) in [4.78, 5) is 19.1. The van der Waals surface area contributed by atoms with Crippen LogP contribution in [0.3, 0.4) is 0 Å². The first-order chi connectivity index (χ1) is 16.3. The van der Waals surface area contributed by atoms with Crippen LogP contribution in [0.2, 0.25) is 0 Å². The van der Waals surface area contributed by atoms with Crippen LogP contribution in [0.5, 0.6) is 0 Å². The van der Waals surface area contributed by atoms with Gasteiger partial charge in [-0.15, -0.1) is 10.2 Å². The molecular weight excluding hydrogens is 481 g/mol. The number of nitrogens with one attached hydrogen (secondary N) is 1. The molecule has 1 fully saturated rings. The zero-order valence-corrected chi connectivity index (χ0v) is 19.7. The number of carbonyl (C=O) groups is 1. The van der Waals surface area contributed by atoms with Gasteiger partial charge in [-0.3, -0.25) is 10.1 Å². The topological polar surface area (TPSA) is 123 Å². The number of fused-ring (bicyclic) bond motifs is 1. The van der Waals surface area contributed by atoms with Gasteiger partial charge in [0.1, 0.15) is 5.82 Å². The molecule has 0 saturated carbocycles. The highest BCUT2D eigenvalue weighted by Crippen LogP contribution is 2.28. The summed E-state index contributed by atoms with van der Waals surface area (Å²) in [6.07, 6.45) is 2.11. The Kier molecular flexibility index (Phi) is 5.73. The Hall–Kier alpha value is -3.45. The van der Waals surface area contributed by atoms with Crippen molar-refractivity contribution in [3.8, 4) is 0 Å². The van der Waals surface area contributed by atoms with Crippen LogP contribution >= 0.6 is 11.3 Å². The van der Waals surface area contributed by atoms with Crippen LogP contribution in [0.4, 0.5) is 14.7 Å². The van der Waals surface area contributed by atoms with E-state index in [1.54, 1.807) is 48.5 Å². The molecule has 1 unspecified atom stereocenters. The van der Waals surface area contributed by atoms with Crippen LogP contribution in [-0.2, 0) is 16.4 Å². The van der Waals surface area contributed by atoms with Gasteiger partial charge in [0, 0.05) is 24.8 Å². The monoisotopic (exact) mass is 501 g/mol. The van der Waals surface area contributed by atoms with Gasteiger partial charge < -0.3 is 4.90 Å². The van der Waals surface area contributed by atoms with Crippen LogP contribution in [0.1, 0.15) is 22.5 Å². The summed E-state index contributed by atoms with van der Waals surface area (Å²) in [5, 5.41) is 16.5. The Labute approximate surface area is 198 Å². The van der Waals surface area contributed by atoms with Crippen molar-refractivity contribution in [1.29, 1.82) is 0 Å². The SMILES string of the molecule is CN(c1nnc(NC(=O)c2nn(Cc3ccccc3F)c3ncccc23)s1)C1CCS(=O)(=O)C1. The highest BCUT2D eigenvalue weighted by Gasteiger charge is 2.32. The molecule has 0 aliphatic carbocycles. The first kappa shape index (κ1) is 22.3. The van der Waals surface area contributed by atoms with E-state index in [0.717, 1.165) is 11.3 Å². The Bertz CT molecular complexity index is 1480. The maximum Gasteiger partial charge on any atom is 0.278 e. The number of hydrogen-bond acceptors (Lipinski definition) is 9. The van der Waals surface area contributed by atoms with Crippen LogP contribution in [0.25, 0.3) is 11.0 Å². The Morgan fingerprint density at radius 3 is 2.85 bits per heavy atom. The molecule has 4 heterocycles. The lowest BCUT2D eigenvalue weighted by Gasteiger charge is -2.21. The molecule has 4 aromatic rings. The summed E-state index contributed by atoms with van der Waals surface area (Å²) < 4.78 is 39.2. The number of sulfone groups is 1. The van der Waals surface area contributed by atoms with Gasteiger partial charge in [-0.1, -0.05) is 29.5 Å². The minimum Gasteiger partial charge on any atom is -0.346 e. The molecule has 5 rings (SSSR count). The van der Waals surface area contributed by atoms with Crippen molar-refractivity contribution in [2.75, 3.05) is 28.8 Å². The lowest BCUT2D eigenvalue weighted by molar-refractivity contribution is 0.102. The molecule has 3 aromatic heterocycles. The summed E-state index contributed by atoms with van der Waals surface area (Å²) in [7, 11) is -1.27. The van der Waals surface area contributed by atoms with Gasteiger partial charge >= 0.3 is 0 Å². The van der Waals surface area contributed by atoms with E-state index < -0.39 is 15.7 Å². The number of anilines is 2. The number of amides is 1. The fourth-order valence-corrected chi connectivity index (χ4v) is 6.42. The third-order valence-electron chi connectivity index (χ3n) is 5.69. The van der Waals surface area contributed by atoms with Gasteiger partial charge in [0.25, 0.3) is 5.91 Å².